The molecular formula is C12H11F2N3O. The van der Waals surface area contributed by atoms with Gasteiger partial charge in [-0.05, 0) is 18.4 Å². The highest BCUT2D eigenvalue weighted by atomic mass is 19.2. The summed E-state index contributed by atoms with van der Waals surface area (Å²) < 4.78 is 31.2. The van der Waals surface area contributed by atoms with Crippen molar-refractivity contribution in [2.45, 2.75) is 19.3 Å². The van der Waals surface area contributed by atoms with Crippen LogP contribution in [-0.2, 0) is 0 Å². The van der Waals surface area contributed by atoms with Gasteiger partial charge in [0.15, 0.2) is 17.5 Å². The summed E-state index contributed by atoms with van der Waals surface area (Å²) in [5, 5.41) is 3.84. The third-order valence-corrected chi connectivity index (χ3v) is 3.21. The maximum Gasteiger partial charge on any atom is 0.260 e. The Bertz CT molecular complexity index is 611. The van der Waals surface area contributed by atoms with Crippen LogP contribution in [0.5, 0.6) is 0 Å². The monoisotopic (exact) mass is 251 g/mol. The highest BCUT2D eigenvalue weighted by Crippen LogP contribution is 2.46. The molecule has 1 aromatic heterocycles. The number of aromatic nitrogens is 2. The average Bonchev–Trinajstić information content (AvgIpc) is 2.88. The number of rotatable bonds is 2. The first-order valence-electron chi connectivity index (χ1n) is 5.64. The van der Waals surface area contributed by atoms with Crippen LogP contribution in [-0.4, -0.2) is 10.1 Å². The molecule has 1 aliphatic rings. The van der Waals surface area contributed by atoms with E-state index in [1.165, 1.54) is 0 Å². The Labute approximate surface area is 102 Å². The van der Waals surface area contributed by atoms with Crippen LogP contribution in [0.1, 0.15) is 25.1 Å². The van der Waals surface area contributed by atoms with Gasteiger partial charge in [0.05, 0.1) is 5.56 Å². The van der Waals surface area contributed by atoms with Crippen LogP contribution in [0.15, 0.2) is 16.7 Å². The Morgan fingerprint density at radius 1 is 1.33 bits per heavy atom. The minimum atomic E-state index is -0.994. The zero-order chi connectivity index (χ0) is 12.9. The summed E-state index contributed by atoms with van der Waals surface area (Å²) in [7, 11) is 0. The molecule has 1 aromatic carbocycles. The fraction of sp³-hybridized carbons (Fsp3) is 0.333. The predicted octanol–water partition coefficient (Wildman–Crippen LogP) is 2.72. The number of hydrogen-bond donors (Lipinski definition) is 1. The van der Waals surface area contributed by atoms with E-state index in [9.17, 15) is 8.78 Å². The van der Waals surface area contributed by atoms with Crippen molar-refractivity contribution in [1.82, 2.24) is 10.1 Å². The molecule has 1 heterocycles. The quantitative estimate of drug-likeness (QED) is 0.833. The van der Waals surface area contributed by atoms with Crippen molar-refractivity contribution in [2.24, 2.45) is 5.92 Å². The zero-order valence-corrected chi connectivity index (χ0v) is 9.65. The van der Waals surface area contributed by atoms with Gasteiger partial charge in [-0.1, -0.05) is 12.1 Å². The first kappa shape index (κ1) is 11.1. The zero-order valence-electron chi connectivity index (χ0n) is 9.65. The Morgan fingerprint density at radius 2 is 2.00 bits per heavy atom. The van der Waals surface area contributed by atoms with E-state index < -0.39 is 11.6 Å². The first-order chi connectivity index (χ1) is 8.56. The lowest BCUT2D eigenvalue weighted by molar-refractivity contribution is 0.421. The minimum Gasteiger partial charge on any atom is -0.398 e. The molecule has 0 bridgehead atoms. The van der Waals surface area contributed by atoms with Gasteiger partial charge in [-0.25, -0.2) is 8.78 Å². The summed E-state index contributed by atoms with van der Waals surface area (Å²) in [5.74, 6) is -0.417. The van der Waals surface area contributed by atoms with Gasteiger partial charge >= 0.3 is 0 Å². The van der Waals surface area contributed by atoms with Gasteiger partial charge in [0.1, 0.15) is 0 Å². The third-order valence-electron chi connectivity index (χ3n) is 3.21. The van der Waals surface area contributed by atoms with Crippen molar-refractivity contribution in [3.8, 4) is 11.5 Å². The molecular weight excluding hydrogens is 240 g/mol. The van der Waals surface area contributed by atoms with E-state index in [2.05, 4.69) is 17.1 Å². The molecule has 0 aliphatic heterocycles. The lowest BCUT2D eigenvalue weighted by Crippen LogP contribution is -1.95. The van der Waals surface area contributed by atoms with E-state index in [4.69, 9.17) is 10.3 Å². The molecule has 1 aliphatic carbocycles. The minimum absolute atomic E-state index is 0.0768. The molecule has 0 spiro atoms. The molecule has 6 heteroatoms. The highest BCUT2D eigenvalue weighted by molar-refractivity contribution is 5.70. The van der Waals surface area contributed by atoms with Crippen LogP contribution >= 0.6 is 0 Å². The van der Waals surface area contributed by atoms with E-state index in [1.54, 1.807) is 0 Å². The molecule has 2 atom stereocenters. The van der Waals surface area contributed by atoms with Crippen LogP contribution in [0.3, 0.4) is 0 Å². The normalized spacial score (nSPS) is 22.2. The predicted molar refractivity (Wildman–Crippen MR) is 60.6 cm³/mol. The Kier molecular flexibility index (Phi) is 2.33. The molecule has 2 unspecified atom stereocenters. The summed E-state index contributed by atoms with van der Waals surface area (Å²) in [6.07, 6.45) is 1.02. The standard InChI is InChI=1S/C12H11F2N3O/c1-5-2-6(5)11-16-12(18-17-11)7-3-8(13)9(14)4-10(7)15/h3-6H,2,15H2,1H3. The number of benzene rings is 1. The van der Waals surface area contributed by atoms with Crippen molar-refractivity contribution in [1.29, 1.82) is 0 Å². The number of nitrogens with zero attached hydrogens (tertiary/aromatic N) is 2. The SMILES string of the molecule is CC1CC1c1noc(-c2cc(F)c(F)cc2N)n1. The van der Waals surface area contributed by atoms with Crippen LogP contribution in [0.2, 0.25) is 0 Å². The maximum atomic E-state index is 13.2. The fourth-order valence-electron chi connectivity index (χ4n) is 1.92. The van der Waals surface area contributed by atoms with E-state index in [0.29, 0.717) is 17.7 Å². The third kappa shape index (κ3) is 1.73. The summed E-state index contributed by atoms with van der Waals surface area (Å²) in [6, 6.07) is 1.88. The Balaban J connectivity index is 1.99. The highest BCUT2D eigenvalue weighted by Gasteiger charge is 2.38. The second kappa shape index (κ2) is 3.76. The van der Waals surface area contributed by atoms with Crippen LogP contribution < -0.4 is 5.73 Å². The largest absolute Gasteiger partial charge is 0.398 e. The number of nitrogens with two attached hydrogens (primary N) is 1. The van der Waals surface area contributed by atoms with Gasteiger partial charge in [0, 0.05) is 17.7 Å². The summed E-state index contributed by atoms with van der Waals surface area (Å²) in [5.41, 5.74) is 5.92. The van der Waals surface area contributed by atoms with Gasteiger partial charge in [-0.15, -0.1) is 0 Å². The lowest BCUT2D eigenvalue weighted by Gasteiger charge is -2.01. The molecule has 94 valence electrons. The van der Waals surface area contributed by atoms with Crippen molar-refractivity contribution in [2.75, 3.05) is 5.73 Å². The van der Waals surface area contributed by atoms with Crippen LogP contribution in [0, 0.1) is 17.6 Å². The summed E-state index contributed by atoms with van der Waals surface area (Å²) in [4.78, 5) is 4.18. The van der Waals surface area contributed by atoms with Gasteiger partial charge in [0.25, 0.3) is 5.89 Å². The van der Waals surface area contributed by atoms with Crippen LogP contribution in [0.25, 0.3) is 11.5 Å². The molecule has 1 fully saturated rings. The molecule has 4 nitrogen and oxygen atoms in total. The Hall–Kier alpha value is -1.98. The lowest BCUT2D eigenvalue weighted by atomic mass is 10.1. The van der Waals surface area contributed by atoms with Crippen molar-refractivity contribution in [3.63, 3.8) is 0 Å². The Morgan fingerprint density at radius 3 is 2.67 bits per heavy atom. The number of halogens is 2. The van der Waals surface area contributed by atoms with Gasteiger partial charge in [-0.3, -0.25) is 0 Å². The first-order valence-corrected chi connectivity index (χ1v) is 5.64. The molecule has 0 saturated heterocycles. The summed E-state index contributed by atoms with van der Waals surface area (Å²) >= 11 is 0. The number of anilines is 1. The van der Waals surface area contributed by atoms with Crippen LogP contribution in [0.4, 0.5) is 14.5 Å². The smallest absolute Gasteiger partial charge is 0.260 e. The molecule has 0 amide bonds. The van der Waals surface area contributed by atoms with E-state index in [1.807, 2.05) is 0 Å². The van der Waals surface area contributed by atoms with Gasteiger partial charge < -0.3 is 10.3 Å². The fourth-order valence-corrected chi connectivity index (χ4v) is 1.92. The molecule has 2 aromatic rings. The second-order valence-corrected chi connectivity index (χ2v) is 4.63. The van der Waals surface area contributed by atoms with Crippen molar-refractivity contribution < 1.29 is 13.3 Å². The van der Waals surface area contributed by atoms with Crippen molar-refractivity contribution in [3.05, 3.63) is 29.6 Å². The van der Waals surface area contributed by atoms with Gasteiger partial charge in [0.2, 0.25) is 0 Å². The van der Waals surface area contributed by atoms with E-state index >= 15 is 0 Å². The molecule has 0 radical (unpaired) electrons. The number of hydrogen-bond acceptors (Lipinski definition) is 4. The second-order valence-electron chi connectivity index (χ2n) is 4.63. The van der Waals surface area contributed by atoms with Gasteiger partial charge in [-0.2, -0.15) is 4.98 Å². The molecule has 1 saturated carbocycles. The van der Waals surface area contributed by atoms with Crippen molar-refractivity contribution >= 4 is 5.69 Å². The topological polar surface area (TPSA) is 64.9 Å². The molecule has 3 rings (SSSR count). The van der Waals surface area contributed by atoms with E-state index in [0.717, 1.165) is 18.6 Å². The maximum absolute atomic E-state index is 13.2. The average molecular weight is 251 g/mol. The van der Waals surface area contributed by atoms with E-state index in [-0.39, 0.29) is 17.1 Å². The summed E-state index contributed by atoms with van der Waals surface area (Å²) in [6.45, 7) is 2.09. The molecule has 2 N–H and O–H groups in total. The molecule has 18 heavy (non-hydrogen) atoms. The number of nitrogen functional groups attached to an aromatic ring is 1.